The minimum Gasteiger partial charge on any atom is -0.462 e. The maximum atomic E-state index is 11.7. The van der Waals surface area contributed by atoms with Gasteiger partial charge in [-0.1, -0.05) is 29.3 Å². The highest BCUT2D eigenvalue weighted by atomic mass is 35.5. The molecule has 0 aromatic heterocycles. The van der Waals surface area contributed by atoms with E-state index >= 15 is 0 Å². The summed E-state index contributed by atoms with van der Waals surface area (Å²) in [5, 5.41) is 1.39. The Morgan fingerprint density at radius 3 is 2.79 bits per heavy atom. The van der Waals surface area contributed by atoms with Gasteiger partial charge in [-0.2, -0.15) is 0 Å². The van der Waals surface area contributed by atoms with Crippen molar-refractivity contribution in [3.05, 3.63) is 33.8 Å². The summed E-state index contributed by atoms with van der Waals surface area (Å²) in [4.78, 5) is 11.7. The molecule has 0 radical (unpaired) electrons. The van der Waals surface area contributed by atoms with Crippen molar-refractivity contribution >= 4 is 29.2 Å². The summed E-state index contributed by atoms with van der Waals surface area (Å²) in [6, 6.07) is 5.69. The van der Waals surface area contributed by atoms with Gasteiger partial charge in [-0.15, -0.1) is 0 Å². The van der Waals surface area contributed by atoms with E-state index in [1.807, 2.05) is 19.1 Å². The number of benzene rings is 1. The molecule has 102 valence electrons. The Labute approximate surface area is 123 Å². The van der Waals surface area contributed by atoms with Crippen LogP contribution < -0.4 is 0 Å². The van der Waals surface area contributed by atoms with Crippen LogP contribution in [0.15, 0.2) is 18.2 Å². The van der Waals surface area contributed by atoms with Crippen LogP contribution in [-0.4, -0.2) is 12.1 Å². The van der Waals surface area contributed by atoms with Crippen molar-refractivity contribution in [2.75, 3.05) is 0 Å². The van der Waals surface area contributed by atoms with Gasteiger partial charge >= 0.3 is 5.97 Å². The molecule has 4 unspecified atom stereocenters. The van der Waals surface area contributed by atoms with E-state index in [0.717, 1.165) is 29.8 Å². The van der Waals surface area contributed by atoms with E-state index in [1.54, 1.807) is 6.07 Å². The third-order valence-electron chi connectivity index (χ3n) is 4.51. The van der Waals surface area contributed by atoms with Crippen LogP contribution in [0.3, 0.4) is 0 Å². The first kappa shape index (κ1) is 13.3. The number of cyclic esters (lactones) is 1. The first-order valence-corrected chi connectivity index (χ1v) is 7.47. The van der Waals surface area contributed by atoms with E-state index in [0.29, 0.717) is 16.9 Å². The molecule has 3 rings (SSSR count). The first-order chi connectivity index (χ1) is 9.06. The summed E-state index contributed by atoms with van der Waals surface area (Å²) < 4.78 is 5.35. The van der Waals surface area contributed by atoms with Crippen LogP contribution in [0.25, 0.3) is 0 Å². The summed E-state index contributed by atoms with van der Waals surface area (Å²) >= 11 is 12.2. The molecular weight excluding hydrogens is 283 g/mol. The van der Waals surface area contributed by atoms with Gasteiger partial charge in [0, 0.05) is 16.0 Å². The average Bonchev–Trinajstić information content (AvgIpc) is 2.65. The molecule has 1 aliphatic heterocycles. The number of hydrogen-bond donors (Lipinski definition) is 0. The molecule has 2 fully saturated rings. The minimum atomic E-state index is -0.0156. The van der Waals surface area contributed by atoms with Crippen molar-refractivity contribution in [3.63, 3.8) is 0 Å². The van der Waals surface area contributed by atoms with Gasteiger partial charge in [0.1, 0.15) is 6.10 Å². The normalized spacial score (nSPS) is 33.9. The second-order valence-electron chi connectivity index (χ2n) is 5.59. The Morgan fingerprint density at radius 2 is 2.05 bits per heavy atom. The summed E-state index contributed by atoms with van der Waals surface area (Å²) in [5.74, 6) is 0.816. The van der Waals surface area contributed by atoms with E-state index in [1.165, 1.54) is 0 Å². The molecule has 1 aliphatic carbocycles. The molecular formula is C15H16Cl2O2. The Bertz CT molecular complexity index is 515. The quantitative estimate of drug-likeness (QED) is 0.717. The zero-order valence-corrected chi connectivity index (χ0v) is 12.2. The van der Waals surface area contributed by atoms with E-state index in [-0.39, 0.29) is 18.0 Å². The average molecular weight is 299 g/mol. The molecule has 0 amide bonds. The third-order valence-corrected chi connectivity index (χ3v) is 5.07. The predicted molar refractivity (Wildman–Crippen MR) is 75.6 cm³/mol. The van der Waals surface area contributed by atoms with Gasteiger partial charge in [-0.25, -0.2) is 0 Å². The number of esters is 1. The van der Waals surface area contributed by atoms with Crippen molar-refractivity contribution in [2.45, 2.75) is 38.2 Å². The van der Waals surface area contributed by atoms with Crippen LogP contribution in [0.5, 0.6) is 0 Å². The number of carbonyl (C=O) groups excluding carboxylic acids is 1. The molecule has 0 bridgehead atoms. The van der Waals surface area contributed by atoms with E-state index < -0.39 is 0 Å². The molecule has 2 aliphatic rings. The molecule has 1 aromatic carbocycles. The van der Waals surface area contributed by atoms with E-state index in [9.17, 15) is 4.79 Å². The second kappa shape index (κ2) is 4.99. The first-order valence-electron chi connectivity index (χ1n) is 6.71. The molecule has 4 atom stereocenters. The molecule has 0 N–H and O–H groups in total. The van der Waals surface area contributed by atoms with Gasteiger partial charge < -0.3 is 4.74 Å². The van der Waals surface area contributed by atoms with Crippen molar-refractivity contribution in [3.8, 4) is 0 Å². The fourth-order valence-corrected chi connectivity index (χ4v) is 4.05. The van der Waals surface area contributed by atoms with Gasteiger partial charge in [0.15, 0.2) is 0 Å². The van der Waals surface area contributed by atoms with Crippen LogP contribution in [0.1, 0.15) is 37.7 Å². The van der Waals surface area contributed by atoms with E-state index in [4.69, 9.17) is 27.9 Å². The number of carbonyl (C=O) groups is 1. The molecule has 1 heterocycles. The van der Waals surface area contributed by atoms with Crippen LogP contribution in [-0.2, 0) is 9.53 Å². The fraction of sp³-hybridized carbons (Fsp3) is 0.533. The summed E-state index contributed by atoms with van der Waals surface area (Å²) in [7, 11) is 0. The molecule has 1 saturated carbocycles. The molecule has 2 nitrogen and oxygen atoms in total. The SMILES string of the molecule is CC1OC(=O)C2CCC(c3ccc(Cl)cc3Cl)CC12. The smallest absolute Gasteiger partial charge is 0.309 e. The van der Waals surface area contributed by atoms with Gasteiger partial charge in [0.05, 0.1) is 5.92 Å². The Balaban J connectivity index is 1.83. The van der Waals surface area contributed by atoms with Gasteiger partial charge in [0.2, 0.25) is 0 Å². The maximum absolute atomic E-state index is 11.7. The van der Waals surface area contributed by atoms with E-state index in [2.05, 4.69) is 0 Å². The Hall–Kier alpha value is -0.730. The zero-order chi connectivity index (χ0) is 13.6. The lowest BCUT2D eigenvalue weighted by Gasteiger charge is -2.31. The Morgan fingerprint density at radius 1 is 1.26 bits per heavy atom. The third kappa shape index (κ3) is 2.36. The van der Waals surface area contributed by atoms with Crippen molar-refractivity contribution in [1.29, 1.82) is 0 Å². The minimum absolute atomic E-state index is 0.0156. The Kier molecular flexibility index (Phi) is 3.48. The highest BCUT2D eigenvalue weighted by Gasteiger charge is 2.46. The maximum Gasteiger partial charge on any atom is 0.309 e. The van der Waals surface area contributed by atoms with Crippen molar-refractivity contribution < 1.29 is 9.53 Å². The lowest BCUT2D eigenvalue weighted by Crippen LogP contribution is -2.27. The zero-order valence-electron chi connectivity index (χ0n) is 10.7. The summed E-state index contributed by atoms with van der Waals surface area (Å²) in [6.45, 7) is 1.99. The fourth-order valence-electron chi connectivity index (χ4n) is 3.49. The molecule has 1 saturated heterocycles. The number of fused-ring (bicyclic) bond motifs is 1. The highest BCUT2D eigenvalue weighted by molar-refractivity contribution is 6.35. The van der Waals surface area contributed by atoms with Crippen molar-refractivity contribution in [1.82, 2.24) is 0 Å². The van der Waals surface area contributed by atoms with Crippen LogP contribution in [0.2, 0.25) is 10.0 Å². The number of rotatable bonds is 1. The van der Waals surface area contributed by atoms with Crippen LogP contribution >= 0.6 is 23.2 Å². The lowest BCUT2D eigenvalue weighted by atomic mass is 9.71. The summed E-state index contributed by atoms with van der Waals surface area (Å²) in [5.41, 5.74) is 1.15. The summed E-state index contributed by atoms with van der Waals surface area (Å²) in [6.07, 6.45) is 2.90. The second-order valence-corrected chi connectivity index (χ2v) is 6.43. The number of halogens is 2. The molecule has 0 spiro atoms. The van der Waals surface area contributed by atoms with Gasteiger partial charge in [-0.3, -0.25) is 4.79 Å². The molecule has 19 heavy (non-hydrogen) atoms. The highest BCUT2D eigenvalue weighted by Crippen LogP contribution is 2.47. The largest absolute Gasteiger partial charge is 0.462 e. The van der Waals surface area contributed by atoms with Crippen LogP contribution in [0, 0.1) is 11.8 Å². The van der Waals surface area contributed by atoms with Gasteiger partial charge in [0.25, 0.3) is 0 Å². The van der Waals surface area contributed by atoms with Crippen LogP contribution in [0.4, 0.5) is 0 Å². The van der Waals surface area contributed by atoms with Gasteiger partial charge in [-0.05, 0) is 49.8 Å². The van der Waals surface area contributed by atoms with Crippen molar-refractivity contribution in [2.24, 2.45) is 11.8 Å². The lowest BCUT2D eigenvalue weighted by molar-refractivity contribution is -0.143. The molecule has 1 aromatic rings. The standard InChI is InChI=1S/C15H16Cl2O2/c1-8-13-6-9(2-4-12(13)15(18)19-8)11-5-3-10(16)7-14(11)17/h3,5,7-9,12-13H,2,4,6H2,1H3. The number of hydrogen-bond acceptors (Lipinski definition) is 2. The monoisotopic (exact) mass is 298 g/mol. The number of ether oxygens (including phenoxy) is 1. The predicted octanol–water partition coefficient (Wildman–Crippen LogP) is 4.44. The topological polar surface area (TPSA) is 26.3 Å². The molecule has 4 heteroatoms.